The molecule has 5 nitrogen and oxygen atoms in total. The van der Waals surface area contributed by atoms with E-state index in [1.54, 1.807) is 0 Å². The number of hydrogen-bond donors (Lipinski definition) is 2. The SMILES string of the molecule is CC1CCN(CC(=O)NC(=O)NCCC2=CCCCC2)CC1. The molecule has 1 heterocycles. The fraction of sp³-hybridized carbons (Fsp3) is 0.765. The molecule has 1 aliphatic heterocycles. The maximum atomic E-state index is 11.8. The second kappa shape index (κ2) is 8.93. The molecule has 0 spiro atoms. The van der Waals surface area contributed by atoms with Crippen molar-refractivity contribution in [2.24, 2.45) is 5.92 Å². The summed E-state index contributed by atoms with van der Waals surface area (Å²) < 4.78 is 0. The molecular weight excluding hydrogens is 278 g/mol. The highest BCUT2D eigenvalue weighted by atomic mass is 16.2. The maximum Gasteiger partial charge on any atom is 0.321 e. The van der Waals surface area contributed by atoms with Crippen LogP contribution in [0.25, 0.3) is 0 Å². The highest BCUT2D eigenvalue weighted by molar-refractivity contribution is 5.95. The fourth-order valence-corrected chi connectivity index (χ4v) is 3.10. The second-order valence-electron chi connectivity index (χ2n) is 6.62. The van der Waals surface area contributed by atoms with Crippen LogP contribution in [0.2, 0.25) is 0 Å². The first-order valence-electron chi connectivity index (χ1n) is 8.61. The summed E-state index contributed by atoms with van der Waals surface area (Å²) in [6.07, 6.45) is 10.3. The van der Waals surface area contributed by atoms with Crippen LogP contribution in [0.5, 0.6) is 0 Å². The van der Waals surface area contributed by atoms with E-state index >= 15 is 0 Å². The van der Waals surface area contributed by atoms with Gasteiger partial charge in [0.25, 0.3) is 0 Å². The maximum absolute atomic E-state index is 11.8. The number of carbonyl (C=O) groups excluding carboxylic acids is 2. The van der Waals surface area contributed by atoms with Crippen molar-refractivity contribution in [1.29, 1.82) is 0 Å². The summed E-state index contributed by atoms with van der Waals surface area (Å²) in [6.45, 7) is 5.07. The third kappa shape index (κ3) is 6.18. The van der Waals surface area contributed by atoms with Gasteiger partial charge in [-0.05, 0) is 64.0 Å². The van der Waals surface area contributed by atoms with E-state index in [1.165, 1.54) is 18.4 Å². The molecule has 3 amide bonds. The van der Waals surface area contributed by atoms with Crippen LogP contribution in [0.4, 0.5) is 4.79 Å². The molecular formula is C17H29N3O2. The van der Waals surface area contributed by atoms with Crippen molar-refractivity contribution in [1.82, 2.24) is 15.5 Å². The van der Waals surface area contributed by atoms with Gasteiger partial charge in [-0.2, -0.15) is 0 Å². The Balaban J connectivity index is 1.57. The van der Waals surface area contributed by atoms with Gasteiger partial charge in [0.2, 0.25) is 5.91 Å². The van der Waals surface area contributed by atoms with E-state index in [9.17, 15) is 9.59 Å². The molecule has 0 saturated carbocycles. The zero-order valence-electron chi connectivity index (χ0n) is 13.7. The van der Waals surface area contributed by atoms with Crippen molar-refractivity contribution >= 4 is 11.9 Å². The molecule has 0 aromatic heterocycles. The van der Waals surface area contributed by atoms with Crippen molar-refractivity contribution in [3.63, 3.8) is 0 Å². The van der Waals surface area contributed by atoms with E-state index in [1.807, 2.05) is 0 Å². The Kier molecular flexibility index (Phi) is 6.90. The molecule has 0 unspecified atom stereocenters. The predicted molar refractivity (Wildman–Crippen MR) is 87.5 cm³/mol. The van der Waals surface area contributed by atoms with Gasteiger partial charge in [-0.1, -0.05) is 18.6 Å². The van der Waals surface area contributed by atoms with Gasteiger partial charge in [0.15, 0.2) is 0 Å². The Morgan fingerprint density at radius 3 is 2.73 bits per heavy atom. The Bertz CT molecular complexity index is 412. The number of nitrogens with one attached hydrogen (secondary N) is 2. The van der Waals surface area contributed by atoms with Crippen LogP contribution in [0.15, 0.2) is 11.6 Å². The van der Waals surface area contributed by atoms with Crippen LogP contribution in [-0.2, 0) is 4.79 Å². The zero-order chi connectivity index (χ0) is 15.8. The van der Waals surface area contributed by atoms with Gasteiger partial charge in [0.1, 0.15) is 0 Å². The average molecular weight is 307 g/mol. The summed E-state index contributed by atoms with van der Waals surface area (Å²) in [6, 6.07) is -0.369. The molecule has 1 aliphatic carbocycles. The van der Waals surface area contributed by atoms with E-state index in [2.05, 4.69) is 28.5 Å². The van der Waals surface area contributed by atoms with E-state index < -0.39 is 0 Å². The highest BCUT2D eigenvalue weighted by Gasteiger charge is 2.18. The van der Waals surface area contributed by atoms with E-state index in [-0.39, 0.29) is 11.9 Å². The summed E-state index contributed by atoms with van der Waals surface area (Å²) in [5.74, 6) is 0.542. The van der Waals surface area contributed by atoms with Crippen LogP contribution >= 0.6 is 0 Å². The second-order valence-corrected chi connectivity index (χ2v) is 6.62. The lowest BCUT2D eigenvalue weighted by atomic mass is 9.97. The van der Waals surface area contributed by atoms with Crippen LogP contribution in [-0.4, -0.2) is 43.0 Å². The number of carbonyl (C=O) groups is 2. The van der Waals surface area contributed by atoms with Crippen molar-refractivity contribution in [2.45, 2.75) is 51.9 Å². The predicted octanol–water partition coefficient (Wildman–Crippen LogP) is 2.43. The van der Waals surface area contributed by atoms with Crippen LogP contribution in [0.3, 0.4) is 0 Å². The number of allylic oxidation sites excluding steroid dienone is 1. The highest BCUT2D eigenvalue weighted by Crippen LogP contribution is 2.19. The van der Waals surface area contributed by atoms with Gasteiger partial charge < -0.3 is 5.32 Å². The minimum absolute atomic E-state index is 0.205. The lowest BCUT2D eigenvalue weighted by molar-refractivity contribution is -0.121. The summed E-state index contributed by atoms with van der Waals surface area (Å²) in [5, 5.41) is 5.20. The first kappa shape index (κ1) is 17.0. The van der Waals surface area contributed by atoms with E-state index in [4.69, 9.17) is 0 Å². The molecule has 0 radical (unpaired) electrons. The molecule has 5 heteroatoms. The number of piperidine rings is 1. The van der Waals surface area contributed by atoms with E-state index in [0.717, 1.165) is 51.1 Å². The number of amides is 3. The van der Waals surface area contributed by atoms with Gasteiger partial charge in [0.05, 0.1) is 6.54 Å². The minimum atomic E-state index is -0.369. The first-order chi connectivity index (χ1) is 10.6. The number of imide groups is 1. The molecule has 1 saturated heterocycles. The molecule has 0 aromatic carbocycles. The van der Waals surface area contributed by atoms with Crippen LogP contribution < -0.4 is 10.6 Å². The van der Waals surface area contributed by atoms with Crippen molar-refractivity contribution in [3.05, 3.63) is 11.6 Å². The standard InChI is InChI=1S/C17H29N3O2/c1-14-8-11-20(12-9-14)13-16(21)19-17(22)18-10-7-15-5-3-2-4-6-15/h5,14H,2-4,6-13H2,1H3,(H2,18,19,21,22). The molecule has 22 heavy (non-hydrogen) atoms. The average Bonchev–Trinajstić information content (AvgIpc) is 2.50. The molecule has 2 rings (SSSR count). The Hall–Kier alpha value is -1.36. The number of nitrogens with zero attached hydrogens (tertiary/aromatic N) is 1. The third-order valence-corrected chi connectivity index (χ3v) is 4.61. The van der Waals surface area contributed by atoms with Crippen LogP contribution in [0.1, 0.15) is 51.9 Å². The number of rotatable bonds is 5. The molecule has 0 bridgehead atoms. The summed E-state index contributed by atoms with van der Waals surface area (Å²) >= 11 is 0. The fourth-order valence-electron chi connectivity index (χ4n) is 3.10. The monoisotopic (exact) mass is 307 g/mol. The summed E-state index contributed by atoms with van der Waals surface area (Å²) in [5.41, 5.74) is 1.43. The number of urea groups is 1. The minimum Gasteiger partial charge on any atom is -0.337 e. The molecule has 1 fully saturated rings. The van der Waals surface area contributed by atoms with Gasteiger partial charge in [0, 0.05) is 6.54 Å². The van der Waals surface area contributed by atoms with Crippen molar-refractivity contribution < 1.29 is 9.59 Å². The zero-order valence-corrected chi connectivity index (χ0v) is 13.7. The topological polar surface area (TPSA) is 61.4 Å². The molecule has 0 atom stereocenters. The molecule has 0 aromatic rings. The largest absolute Gasteiger partial charge is 0.337 e. The lowest BCUT2D eigenvalue weighted by Crippen LogP contribution is -2.46. The van der Waals surface area contributed by atoms with Gasteiger partial charge in [-0.3, -0.25) is 15.0 Å². The molecule has 124 valence electrons. The van der Waals surface area contributed by atoms with Gasteiger partial charge in [-0.25, -0.2) is 4.79 Å². The third-order valence-electron chi connectivity index (χ3n) is 4.61. The quantitative estimate of drug-likeness (QED) is 0.767. The molecule has 2 aliphatic rings. The molecule has 2 N–H and O–H groups in total. The van der Waals surface area contributed by atoms with E-state index in [0.29, 0.717) is 13.1 Å². The number of likely N-dealkylation sites (tertiary alicyclic amines) is 1. The van der Waals surface area contributed by atoms with Crippen LogP contribution in [0, 0.1) is 5.92 Å². The number of hydrogen-bond acceptors (Lipinski definition) is 3. The van der Waals surface area contributed by atoms with Gasteiger partial charge >= 0.3 is 6.03 Å². The smallest absolute Gasteiger partial charge is 0.321 e. The van der Waals surface area contributed by atoms with Gasteiger partial charge in [-0.15, -0.1) is 0 Å². The van der Waals surface area contributed by atoms with Crippen molar-refractivity contribution in [2.75, 3.05) is 26.2 Å². The lowest BCUT2D eigenvalue weighted by Gasteiger charge is -2.29. The summed E-state index contributed by atoms with van der Waals surface area (Å²) in [7, 11) is 0. The normalized spacial score (nSPS) is 20.3. The summed E-state index contributed by atoms with van der Waals surface area (Å²) in [4.78, 5) is 25.7. The Morgan fingerprint density at radius 1 is 1.27 bits per heavy atom. The Labute approximate surface area is 133 Å². The Morgan fingerprint density at radius 2 is 2.05 bits per heavy atom. The first-order valence-corrected chi connectivity index (χ1v) is 8.61. The van der Waals surface area contributed by atoms with Crippen molar-refractivity contribution in [3.8, 4) is 0 Å².